The van der Waals surface area contributed by atoms with E-state index in [0.29, 0.717) is 25.4 Å². The molecule has 1 amide bonds. The maximum Gasteiger partial charge on any atom is 0.514 e. The molecular formula is C20H31BN2O5. The van der Waals surface area contributed by atoms with Crippen molar-refractivity contribution in [2.75, 3.05) is 19.8 Å². The molecule has 28 heavy (non-hydrogen) atoms. The van der Waals surface area contributed by atoms with Crippen LogP contribution in [-0.4, -0.2) is 59.7 Å². The first kappa shape index (κ1) is 21.1. The molecule has 2 saturated heterocycles. The number of ether oxygens (including phenoxy) is 2. The molecule has 3 heterocycles. The number of pyridine rings is 1. The van der Waals surface area contributed by atoms with Crippen LogP contribution >= 0.6 is 0 Å². The normalized spacial score (nSPS) is 24.3. The van der Waals surface area contributed by atoms with E-state index in [2.05, 4.69) is 4.98 Å². The summed E-state index contributed by atoms with van der Waals surface area (Å²) in [4.78, 5) is 18.9. The van der Waals surface area contributed by atoms with Gasteiger partial charge in [0, 0.05) is 12.7 Å². The Balaban J connectivity index is 1.83. The molecule has 0 saturated carbocycles. The number of morpholine rings is 1. The maximum absolute atomic E-state index is 12.7. The van der Waals surface area contributed by atoms with E-state index in [1.807, 2.05) is 60.6 Å². The number of carbonyl (C=O) groups is 1. The Kier molecular flexibility index (Phi) is 5.51. The Hall–Kier alpha value is -1.64. The molecule has 7 nitrogen and oxygen atoms in total. The van der Waals surface area contributed by atoms with Gasteiger partial charge in [0.2, 0.25) is 0 Å². The second-order valence-electron chi connectivity index (χ2n) is 9.37. The second kappa shape index (κ2) is 7.32. The molecule has 0 N–H and O–H groups in total. The molecule has 0 bridgehead atoms. The van der Waals surface area contributed by atoms with Gasteiger partial charge in [-0.15, -0.1) is 0 Å². The highest BCUT2D eigenvalue weighted by Crippen LogP contribution is 2.36. The van der Waals surface area contributed by atoms with Crippen LogP contribution in [0.4, 0.5) is 4.79 Å². The van der Waals surface area contributed by atoms with Gasteiger partial charge in [0.05, 0.1) is 36.1 Å². The fourth-order valence-corrected chi connectivity index (χ4v) is 3.18. The number of amides is 1. The van der Waals surface area contributed by atoms with E-state index in [0.717, 1.165) is 5.56 Å². The Morgan fingerprint density at radius 2 is 1.89 bits per heavy atom. The van der Waals surface area contributed by atoms with Crippen molar-refractivity contribution in [2.24, 2.45) is 0 Å². The van der Waals surface area contributed by atoms with Gasteiger partial charge >= 0.3 is 13.2 Å². The van der Waals surface area contributed by atoms with Gasteiger partial charge in [-0.1, -0.05) is 0 Å². The fourth-order valence-electron chi connectivity index (χ4n) is 3.18. The third kappa shape index (κ3) is 4.34. The zero-order chi connectivity index (χ0) is 20.7. The number of hydrogen-bond donors (Lipinski definition) is 0. The molecule has 1 unspecified atom stereocenters. The van der Waals surface area contributed by atoms with E-state index >= 15 is 0 Å². The lowest BCUT2D eigenvalue weighted by atomic mass is 9.83. The molecule has 1 aromatic heterocycles. The molecular weight excluding hydrogens is 359 g/mol. The Morgan fingerprint density at radius 1 is 1.25 bits per heavy atom. The lowest BCUT2D eigenvalue weighted by Gasteiger charge is -2.36. The third-order valence-electron chi connectivity index (χ3n) is 5.44. The Bertz CT molecular complexity index is 716. The molecule has 1 atom stereocenters. The highest BCUT2D eigenvalue weighted by molar-refractivity contribution is 6.61. The zero-order valence-corrected chi connectivity index (χ0v) is 17.9. The third-order valence-corrected chi connectivity index (χ3v) is 5.44. The lowest BCUT2D eigenvalue weighted by Crippen LogP contribution is -2.46. The highest BCUT2D eigenvalue weighted by atomic mass is 16.7. The molecule has 3 rings (SSSR count). The van der Waals surface area contributed by atoms with Crippen LogP contribution in [0.25, 0.3) is 0 Å². The van der Waals surface area contributed by atoms with Gasteiger partial charge in [-0.05, 0) is 66.2 Å². The van der Waals surface area contributed by atoms with Crippen molar-refractivity contribution in [3.63, 3.8) is 0 Å². The largest absolute Gasteiger partial charge is 0.514 e. The summed E-state index contributed by atoms with van der Waals surface area (Å²) in [6.45, 7) is 15.0. The smallest absolute Gasteiger partial charge is 0.444 e. The summed E-state index contributed by atoms with van der Waals surface area (Å²) in [5.74, 6) is 0. The summed E-state index contributed by atoms with van der Waals surface area (Å²) in [6.07, 6.45) is 1.38. The summed E-state index contributed by atoms with van der Waals surface area (Å²) in [6, 6.07) is 3.58. The highest BCUT2D eigenvalue weighted by Gasteiger charge is 2.52. The van der Waals surface area contributed by atoms with Gasteiger partial charge in [-0.3, -0.25) is 9.88 Å². The second-order valence-corrected chi connectivity index (χ2v) is 9.37. The average molecular weight is 390 g/mol. The van der Waals surface area contributed by atoms with Gasteiger partial charge in [0.25, 0.3) is 0 Å². The van der Waals surface area contributed by atoms with E-state index < -0.39 is 23.9 Å². The number of hydrogen-bond acceptors (Lipinski definition) is 6. The first-order valence-corrected chi connectivity index (χ1v) is 9.78. The van der Waals surface area contributed by atoms with E-state index in [1.54, 1.807) is 11.1 Å². The molecule has 1 aromatic rings. The van der Waals surface area contributed by atoms with Crippen LogP contribution in [0, 0.1) is 0 Å². The lowest BCUT2D eigenvalue weighted by molar-refractivity contribution is -0.0331. The van der Waals surface area contributed by atoms with Crippen molar-refractivity contribution in [2.45, 2.75) is 71.3 Å². The van der Waals surface area contributed by atoms with Gasteiger partial charge in [0.15, 0.2) is 0 Å². The number of aromatic nitrogens is 1. The first-order valence-electron chi connectivity index (χ1n) is 9.78. The molecule has 8 heteroatoms. The standard InChI is InChI=1S/C20H31BN2O5/c1-18(2,3)26-17(24)23-10-11-25-13-15(23)14-8-9-22-16(12-14)21-27-19(4,5)20(6,7)28-21/h8-9,12,15H,10-11,13H2,1-7H3. The predicted octanol–water partition coefficient (Wildman–Crippen LogP) is 2.69. The van der Waals surface area contributed by atoms with Gasteiger partial charge < -0.3 is 18.8 Å². The monoisotopic (exact) mass is 390 g/mol. The average Bonchev–Trinajstić information content (AvgIpc) is 2.81. The van der Waals surface area contributed by atoms with Crippen LogP contribution in [0.3, 0.4) is 0 Å². The van der Waals surface area contributed by atoms with Crippen LogP contribution in [0.2, 0.25) is 0 Å². The van der Waals surface area contributed by atoms with Gasteiger partial charge in [0.1, 0.15) is 5.60 Å². The van der Waals surface area contributed by atoms with E-state index in [-0.39, 0.29) is 12.1 Å². The van der Waals surface area contributed by atoms with Crippen LogP contribution in [0.1, 0.15) is 60.1 Å². The SMILES string of the molecule is CC(C)(C)OC(=O)N1CCOCC1c1ccnc(B2OC(C)(C)C(C)(C)O2)c1. The van der Waals surface area contributed by atoms with Crippen LogP contribution in [0.15, 0.2) is 18.3 Å². The molecule has 154 valence electrons. The molecule has 2 aliphatic heterocycles. The van der Waals surface area contributed by atoms with Crippen molar-refractivity contribution in [3.05, 3.63) is 23.9 Å². The molecule has 2 aliphatic rings. The summed E-state index contributed by atoms with van der Waals surface area (Å²) < 4.78 is 23.4. The van der Waals surface area contributed by atoms with Crippen molar-refractivity contribution in [1.29, 1.82) is 0 Å². The molecule has 0 aliphatic carbocycles. The van der Waals surface area contributed by atoms with Crippen LogP contribution in [-0.2, 0) is 18.8 Å². The Labute approximate surface area is 167 Å². The fraction of sp³-hybridized carbons (Fsp3) is 0.700. The maximum atomic E-state index is 12.7. The van der Waals surface area contributed by atoms with Gasteiger partial charge in [-0.25, -0.2) is 4.79 Å². The quantitative estimate of drug-likeness (QED) is 0.724. The first-order chi connectivity index (χ1) is 12.9. The summed E-state index contributed by atoms with van der Waals surface area (Å²) in [5.41, 5.74) is 0.181. The van der Waals surface area contributed by atoms with E-state index in [9.17, 15) is 4.79 Å². The van der Waals surface area contributed by atoms with Crippen LogP contribution < -0.4 is 5.59 Å². The van der Waals surface area contributed by atoms with Crippen LogP contribution in [0.5, 0.6) is 0 Å². The Morgan fingerprint density at radius 3 is 2.50 bits per heavy atom. The summed E-state index contributed by atoms with van der Waals surface area (Å²) in [7, 11) is -0.551. The van der Waals surface area contributed by atoms with E-state index in [1.165, 1.54) is 0 Å². The minimum Gasteiger partial charge on any atom is -0.444 e. The number of rotatable bonds is 2. The molecule has 0 spiro atoms. The molecule has 2 fully saturated rings. The number of carbonyl (C=O) groups excluding carboxylic acids is 1. The van der Waals surface area contributed by atoms with E-state index in [4.69, 9.17) is 18.8 Å². The van der Waals surface area contributed by atoms with Crippen molar-refractivity contribution in [1.82, 2.24) is 9.88 Å². The predicted molar refractivity (Wildman–Crippen MR) is 106 cm³/mol. The van der Waals surface area contributed by atoms with Crippen molar-refractivity contribution >= 4 is 18.8 Å². The van der Waals surface area contributed by atoms with Gasteiger partial charge in [-0.2, -0.15) is 0 Å². The molecule has 0 radical (unpaired) electrons. The zero-order valence-electron chi connectivity index (χ0n) is 17.9. The van der Waals surface area contributed by atoms with Crippen molar-refractivity contribution < 1.29 is 23.6 Å². The summed E-state index contributed by atoms with van der Waals surface area (Å²) >= 11 is 0. The summed E-state index contributed by atoms with van der Waals surface area (Å²) in [5, 5.41) is 0. The topological polar surface area (TPSA) is 70.1 Å². The minimum atomic E-state index is -0.551. The minimum absolute atomic E-state index is 0.243. The number of nitrogens with zero attached hydrogens (tertiary/aromatic N) is 2. The van der Waals surface area contributed by atoms with Crippen molar-refractivity contribution in [3.8, 4) is 0 Å². The molecule has 0 aromatic carbocycles.